The van der Waals surface area contributed by atoms with Crippen molar-refractivity contribution in [1.82, 2.24) is 10.2 Å². The molecule has 23 heavy (non-hydrogen) atoms. The van der Waals surface area contributed by atoms with Crippen molar-refractivity contribution in [2.45, 2.75) is 12.8 Å². The van der Waals surface area contributed by atoms with Crippen LogP contribution in [0.25, 0.3) is 0 Å². The van der Waals surface area contributed by atoms with E-state index in [-0.39, 0.29) is 37.0 Å². The Kier molecular flexibility index (Phi) is 5.56. The average Bonchev–Trinajstić information content (AvgIpc) is 2.56. The second-order valence-electron chi connectivity index (χ2n) is 5.35. The van der Waals surface area contributed by atoms with Crippen LogP contribution in [0.5, 0.6) is 11.5 Å². The molecule has 0 aliphatic carbocycles. The highest BCUT2D eigenvalue weighted by Crippen LogP contribution is 2.31. The van der Waals surface area contributed by atoms with Crippen molar-refractivity contribution in [2.24, 2.45) is 0 Å². The molecule has 124 valence electrons. The Morgan fingerprint density at radius 2 is 1.78 bits per heavy atom. The van der Waals surface area contributed by atoms with Gasteiger partial charge in [-0.15, -0.1) is 0 Å². The number of hydrogen-bond acceptors (Lipinski definition) is 5. The van der Waals surface area contributed by atoms with Crippen molar-refractivity contribution < 1.29 is 23.9 Å². The summed E-state index contributed by atoms with van der Waals surface area (Å²) in [5.41, 5.74) is 0.478. The first-order chi connectivity index (χ1) is 11.0. The highest BCUT2D eigenvalue weighted by Gasteiger charge is 2.16. The number of Topliss-reactive ketones (excluding diaryl/α,β-unsaturated/α-hetero) is 1. The van der Waals surface area contributed by atoms with Gasteiger partial charge in [0.1, 0.15) is 13.2 Å². The molecule has 1 aromatic carbocycles. The van der Waals surface area contributed by atoms with Crippen LogP contribution in [0.1, 0.15) is 23.2 Å². The Morgan fingerprint density at radius 1 is 1.09 bits per heavy atom. The molecule has 0 radical (unpaired) electrons. The van der Waals surface area contributed by atoms with E-state index in [4.69, 9.17) is 9.47 Å². The van der Waals surface area contributed by atoms with Gasteiger partial charge in [0.25, 0.3) is 0 Å². The third kappa shape index (κ3) is 4.70. The lowest BCUT2D eigenvalue weighted by Gasteiger charge is -2.18. The summed E-state index contributed by atoms with van der Waals surface area (Å²) in [5, 5.41) is 2.49. The molecule has 7 nitrogen and oxygen atoms in total. The second kappa shape index (κ2) is 7.62. The normalized spacial score (nSPS) is 12.4. The number of nitrogens with zero attached hydrogens (tertiary/aromatic N) is 1. The number of carbonyl (C=O) groups excluding carboxylic acids is 3. The molecule has 1 aromatic rings. The van der Waals surface area contributed by atoms with Crippen molar-refractivity contribution >= 4 is 17.6 Å². The Bertz CT molecular complexity index is 612. The third-order valence-electron chi connectivity index (χ3n) is 3.38. The molecule has 0 saturated heterocycles. The van der Waals surface area contributed by atoms with Crippen molar-refractivity contribution in [3.05, 3.63) is 23.8 Å². The molecule has 0 saturated carbocycles. The van der Waals surface area contributed by atoms with Gasteiger partial charge in [-0.05, 0) is 18.2 Å². The zero-order chi connectivity index (χ0) is 16.8. The number of likely N-dealkylation sites (N-methyl/N-ethyl adjacent to an activating group) is 1. The fraction of sp³-hybridized carbons (Fsp3) is 0.438. The number of fused-ring (bicyclic) bond motifs is 1. The number of benzene rings is 1. The molecule has 0 fully saturated rings. The van der Waals surface area contributed by atoms with Crippen LogP contribution in [0.4, 0.5) is 0 Å². The van der Waals surface area contributed by atoms with E-state index < -0.39 is 0 Å². The zero-order valence-corrected chi connectivity index (χ0v) is 13.3. The lowest BCUT2D eigenvalue weighted by Crippen LogP contribution is -2.36. The minimum atomic E-state index is -0.328. The highest BCUT2D eigenvalue weighted by atomic mass is 16.6. The van der Waals surface area contributed by atoms with Crippen LogP contribution in [0.15, 0.2) is 18.2 Å². The lowest BCUT2D eigenvalue weighted by molar-refractivity contribution is -0.130. The number of hydrogen-bond donors (Lipinski definition) is 1. The van der Waals surface area contributed by atoms with Gasteiger partial charge in [-0.3, -0.25) is 14.4 Å². The van der Waals surface area contributed by atoms with Gasteiger partial charge in [0.05, 0.1) is 6.54 Å². The topological polar surface area (TPSA) is 84.9 Å². The van der Waals surface area contributed by atoms with E-state index >= 15 is 0 Å². The van der Waals surface area contributed by atoms with Gasteiger partial charge in [0.15, 0.2) is 17.3 Å². The molecular formula is C16H20N2O5. The Labute approximate surface area is 134 Å². The Morgan fingerprint density at radius 3 is 2.48 bits per heavy atom. The fourth-order valence-corrected chi connectivity index (χ4v) is 2.01. The summed E-state index contributed by atoms with van der Waals surface area (Å²) in [6.07, 6.45) is 0.107. The minimum absolute atomic E-state index is 0.0357. The first-order valence-electron chi connectivity index (χ1n) is 7.37. The zero-order valence-electron chi connectivity index (χ0n) is 13.3. The van der Waals surface area contributed by atoms with E-state index in [1.165, 1.54) is 4.90 Å². The van der Waals surface area contributed by atoms with Gasteiger partial charge in [0.2, 0.25) is 11.8 Å². The van der Waals surface area contributed by atoms with E-state index in [0.29, 0.717) is 30.3 Å². The SMILES string of the molecule is CN(C)C(=O)CNC(=O)CCC(=O)c1ccc2c(c1)OCCO2. The van der Waals surface area contributed by atoms with Crippen LogP contribution in [0, 0.1) is 0 Å². The van der Waals surface area contributed by atoms with Gasteiger partial charge in [-0.1, -0.05) is 0 Å². The summed E-state index contributed by atoms with van der Waals surface area (Å²) >= 11 is 0. The van der Waals surface area contributed by atoms with E-state index in [1.807, 2.05) is 0 Å². The van der Waals surface area contributed by atoms with Crippen LogP contribution in [-0.2, 0) is 9.59 Å². The number of rotatable bonds is 6. The average molecular weight is 320 g/mol. The summed E-state index contributed by atoms with van der Waals surface area (Å²) in [5.74, 6) is 0.481. The van der Waals surface area contributed by atoms with Crippen LogP contribution >= 0.6 is 0 Å². The quantitative estimate of drug-likeness (QED) is 0.777. The molecule has 0 spiro atoms. The molecule has 2 amide bonds. The highest BCUT2D eigenvalue weighted by molar-refractivity contribution is 5.98. The molecule has 7 heteroatoms. The molecule has 2 rings (SSSR count). The largest absolute Gasteiger partial charge is 0.486 e. The van der Waals surface area contributed by atoms with Crippen LogP contribution in [-0.4, -0.2) is 56.4 Å². The maximum Gasteiger partial charge on any atom is 0.241 e. The molecule has 1 aliphatic rings. The van der Waals surface area contributed by atoms with Crippen molar-refractivity contribution in [1.29, 1.82) is 0 Å². The number of amides is 2. The van der Waals surface area contributed by atoms with Gasteiger partial charge in [-0.2, -0.15) is 0 Å². The molecular weight excluding hydrogens is 300 g/mol. The lowest BCUT2D eigenvalue weighted by atomic mass is 10.1. The fourth-order valence-electron chi connectivity index (χ4n) is 2.01. The second-order valence-corrected chi connectivity index (χ2v) is 5.35. The smallest absolute Gasteiger partial charge is 0.241 e. The molecule has 1 N–H and O–H groups in total. The molecule has 0 atom stereocenters. The van der Waals surface area contributed by atoms with Crippen LogP contribution in [0.2, 0.25) is 0 Å². The minimum Gasteiger partial charge on any atom is -0.486 e. The standard InChI is InChI=1S/C16H20N2O5/c1-18(2)16(21)10-17-15(20)6-4-12(19)11-3-5-13-14(9-11)23-8-7-22-13/h3,5,9H,4,6-8,10H2,1-2H3,(H,17,20). The van der Waals surface area contributed by atoms with Crippen LogP contribution < -0.4 is 14.8 Å². The Hall–Kier alpha value is -2.57. The molecule has 1 heterocycles. The molecule has 0 bridgehead atoms. The summed E-state index contributed by atoms with van der Waals surface area (Å²) in [4.78, 5) is 36.5. The monoisotopic (exact) mass is 320 g/mol. The maximum absolute atomic E-state index is 12.1. The molecule has 0 unspecified atom stereocenters. The number of nitrogens with one attached hydrogen (secondary N) is 1. The van der Waals surface area contributed by atoms with E-state index in [9.17, 15) is 14.4 Å². The number of carbonyl (C=O) groups is 3. The van der Waals surface area contributed by atoms with Crippen molar-refractivity contribution in [3.8, 4) is 11.5 Å². The Balaban J connectivity index is 1.82. The predicted octanol–water partition coefficient (Wildman–Crippen LogP) is 0.625. The summed E-state index contributed by atoms with van der Waals surface area (Å²) < 4.78 is 10.8. The van der Waals surface area contributed by atoms with Crippen molar-refractivity contribution in [2.75, 3.05) is 33.9 Å². The van der Waals surface area contributed by atoms with Gasteiger partial charge in [0, 0.05) is 32.5 Å². The predicted molar refractivity (Wildman–Crippen MR) is 82.7 cm³/mol. The van der Waals surface area contributed by atoms with Crippen LogP contribution in [0.3, 0.4) is 0 Å². The summed E-state index contributed by atoms with van der Waals surface area (Å²) in [6.45, 7) is 0.878. The van der Waals surface area contributed by atoms with Gasteiger partial charge in [-0.25, -0.2) is 0 Å². The first kappa shape index (κ1) is 16.8. The molecule has 0 aromatic heterocycles. The maximum atomic E-state index is 12.1. The van der Waals surface area contributed by atoms with E-state index in [0.717, 1.165) is 0 Å². The number of ether oxygens (including phenoxy) is 2. The third-order valence-corrected chi connectivity index (χ3v) is 3.38. The number of ketones is 1. The van der Waals surface area contributed by atoms with E-state index in [2.05, 4.69) is 5.32 Å². The van der Waals surface area contributed by atoms with Gasteiger partial charge >= 0.3 is 0 Å². The van der Waals surface area contributed by atoms with E-state index in [1.54, 1.807) is 32.3 Å². The summed E-state index contributed by atoms with van der Waals surface area (Å²) in [6, 6.07) is 4.98. The van der Waals surface area contributed by atoms with Crippen molar-refractivity contribution in [3.63, 3.8) is 0 Å². The molecule has 1 aliphatic heterocycles. The summed E-state index contributed by atoms with van der Waals surface area (Å²) in [7, 11) is 3.22. The first-order valence-corrected chi connectivity index (χ1v) is 7.37. The van der Waals surface area contributed by atoms with Gasteiger partial charge < -0.3 is 19.7 Å².